The van der Waals surface area contributed by atoms with E-state index in [1.54, 1.807) is 0 Å². The van der Waals surface area contributed by atoms with E-state index in [9.17, 15) is 0 Å². The van der Waals surface area contributed by atoms with E-state index in [2.05, 4.69) is 208 Å². The summed E-state index contributed by atoms with van der Waals surface area (Å²) in [7, 11) is 11.3. The van der Waals surface area contributed by atoms with Crippen LogP contribution in [0.4, 0.5) is 0 Å². The molecule has 11 rings (SSSR count). The van der Waals surface area contributed by atoms with Crippen LogP contribution in [0.5, 0.6) is 0 Å². The number of para-hydroxylation sites is 2. The second-order valence-corrected chi connectivity index (χ2v) is 17.1. The van der Waals surface area contributed by atoms with E-state index in [-0.39, 0.29) is 0 Å². The summed E-state index contributed by atoms with van der Waals surface area (Å²) in [6.45, 7) is 0. The number of hydrogen-bond donors (Lipinski definition) is 0. The molecule has 0 amide bonds. The lowest BCUT2D eigenvalue weighted by Gasteiger charge is -2.22. The maximum absolute atomic E-state index is 5.38. The standard InChI is InChI=1S/C51H37B5N2S/c52-46-45(47(53)49(55)50(56)48(46)54)51-57-38-20-7-8-21-39(38)58(51)31-15-10-14-30(26-31)42-32-16-4-5-17-33(32)43(37-27-29(24-25-34(37)42)28-12-2-1-3-13-28)36-19-11-23-41-44(36)35-18-6-9-22-40(35)59-41/h1-27H,52-56H2. The van der Waals surface area contributed by atoms with E-state index < -0.39 is 0 Å². The normalized spacial score (nSPS) is 11.7. The number of fused-ring (bicyclic) bond motifs is 6. The molecule has 59 heavy (non-hydrogen) atoms. The van der Waals surface area contributed by atoms with Crippen LogP contribution in [-0.4, -0.2) is 48.8 Å². The van der Waals surface area contributed by atoms with Crippen molar-refractivity contribution < 1.29 is 0 Å². The number of aromatic nitrogens is 2. The average molecular weight is 764 g/mol. The van der Waals surface area contributed by atoms with Crippen molar-refractivity contribution in [1.82, 2.24) is 9.55 Å². The molecule has 0 aliphatic rings. The van der Waals surface area contributed by atoms with E-state index in [0.29, 0.717) is 0 Å². The van der Waals surface area contributed by atoms with Crippen LogP contribution in [0.2, 0.25) is 0 Å². The molecule has 2 nitrogen and oxygen atoms in total. The molecule has 9 aromatic carbocycles. The molecule has 0 spiro atoms. The van der Waals surface area contributed by atoms with Gasteiger partial charge in [-0.2, -0.15) is 0 Å². The Hall–Kier alpha value is -6.49. The highest BCUT2D eigenvalue weighted by molar-refractivity contribution is 7.26. The first-order chi connectivity index (χ1) is 28.9. The second kappa shape index (κ2) is 13.8. The van der Waals surface area contributed by atoms with Gasteiger partial charge in [0, 0.05) is 31.4 Å². The summed E-state index contributed by atoms with van der Waals surface area (Å²) in [6.07, 6.45) is 0. The molecular weight excluding hydrogens is 727 g/mol. The summed E-state index contributed by atoms with van der Waals surface area (Å²) in [5, 5.41) is 7.61. The molecule has 0 bridgehead atoms. The Labute approximate surface area is 352 Å². The second-order valence-electron chi connectivity index (χ2n) is 16.0. The van der Waals surface area contributed by atoms with Crippen molar-refractivity contribution in [2.45, 2.75) is 0 Å². The molecule has 0 radical (unpaired) electrons. The number of nitrogens with zero attached hydrogens (tertiary/aromatic N) is 2. The summed E-state index contributed by atoms with van der Waals surface area (Å²) in [4.78, 5) is 5.38. The molecule has 2 aromatic heterocycles. The van der Waals surface area contributed by atoms with Crippen LogP contribution < -0.4 is 27.3 Å². The van der Waals surface area contributed by atoms with Gasteiger partial charge in [0.25, 0.3) is 0 Å². The molecule has 0 saturated heterocycles. The highest BCUT2D eigenvalue weighted by Gasteiger charge is 2.23. The minimum Gasteiger partial charge on any atom is -0.292 e. The van der Waals surface area contributed by atoms with E-state index in [4.69, 9.17) is 4.98 Å². The van der Waals surface area contributed by atoms with Crippen LogP contribution in [0.1, 0.15) is 0 Å². The third kappa shape index (κ3) is 5.50. The molecule has 0 N–H and O–H groups in total. The first kappa shape index (κ1) is 35.7. The summed E-state index contributed by atoms with van der Waals surface area (Å²) < 4.78 is 5.01. The fourth-order valence-electron chi connectivity index (χ4n) is 9.66. The summed E-state index contributed by atoms with van der Waals surface area (Å²) in [5.74, 6) is 0.984. The predicted octanol–water partition coefficient (Wildman–Crippen LogP) is 5.66. The lowest BCUT2D eigenvalue weighted by atomic mass is 9.60. The number of benzene rings is 9. The number of hydrogen-bond acceptors (Lipinski definition) is 2. The van der Waals surface area contributed by atoms with Gasteiger partial charge in [0.15, 0.2) is 0 Å². The molecule has 0 aliphatic carbocycles. The largest absolute Gasteiger partial charge is 0.292 e. The van der Waals surface area contributed by atoms with E-state index in [0.717, 1.165) is 22.5 Å². The van der Waals surface area contributed by atoms with Gasteiger partial charge in [0.05, 0.1) is 11.0 Å². The third-order valence-corrected chi connectivity index (χ3v) is 14.1. The summed E-state index contributed by atoms with van der Waals surface area (Å²) in [5.41, 5.74) is 18.4. The van der Waals surface area contributed by atoms with Gasteiger partial charge in [-0.15, -0.1) is 27.7 Å². The van der Waals surface area contributed by atoms with Gasteiger partial charge in [-0.1, -0.05) is 132 Å². The van der Waals surface area contributed by atoms with Gasteiger partial charge in [-0.05, 0) is 97.4 Å². The first-order valence-electron chi connectivity index (χ1n) is 20.5. The average Bonchev–Trinajstić information content (AvgIpc) is 3.86. The lowest BCUT2D eigenvalue weighted by Crippen LogP contribution is -2.55. The van der Waals surface area contributed by atoms with Crippen molar-refractivity contribution in [2.75, 3.05) is 0 Å². The Balaban J connectivity index is 1.23. The quantitative estimate of drug-likeness (QED) is 0.164. The van der Waals surface area contributed by atoms with Gasteiger partial charge in [-0.25, -0.2) is 4.98 Å². The van der Waals surface area contributed by atoms with Crippen molar-refractivity contribution in [2.24, 2.45) is 0 Å². The van der Waals surface area contributed by atoms with Crippen LogP contribution in [0.15, 0.2) is 164 Å². The lowest BCUT2D eigenvalue weighted by molar-refractivity contribution is 1.11. The monoisotopic (exact) mass is 764 g/mol. The maximum Gasteiger partial charge on any atom is 0.144 e. The highest BCUT2D eigenvalue weighted by Crippen LogP contribution is 2.49. The molecule has 0 saturated carbocycles. The van der Waals surface area contributed by atoms with Gasteiger partial charge in [-0.3, -0.25) is 4.57 Å². The zero-order valence-corrected chi connectivity index (χ0v) is 34.7. The topological polar surface area (TPSA) is 17.8 Å². The highest BCUT2D eigenvalue weighted by atomic mass is 32.1. The first-order valence-corrected chi connectivity index (χ1v) is 21.3. The van der Waals surface area contributed by atoms with E-state index in [1.807, 2.05) is 11.3 Å². The third-order valence-electron chi connectivity index (χ3n) is 13.0. The van der Waals surface area contributed by atoms with E-state index in [1.165, 1.54) is 108 Å². The van der Waals surface area contributed by atoms with Crippen LogP contribution >= 0.6 is 11.3 Å². The van der Waals surface area contributed by atoms with E-state index >= 15 is 0 Å². The van der Waals surface area contributed by atoms with Gasteiger partial charge < -0.3 is 0 Å². The maximum atomic E-state index is 5.38. The van der Waals surface area contributed by atoms with Crippen molar-refractivity contribution in [3.63, 3.8) is 0 Å². The van der Waals surface area contributed by atoms with Crippen LogP contribution in [0.25, 0.3) is 103 Å². The van der Waals surface area contributed by atoms with Gasteiger partial charge in [0.1, 0.15) is 45.1 Å². The molecule has 0 atom stereocenters. The number of thiophene rings is 1. The van der Waals surface area contributed by atoms with Gasteiger partial charge >= 0.3 is 0 Å². The molecule has 0 unspecified atom stereocenters. The van der Waals surface area contributed by atoms with Crippen molar-refractivity contribution >= 4 is 131 Å². The predicted molar refractivity (Wildman–Crippen MR) is 272 cm³/mol. The molecule has 0 aliphatic heterocycles. The molecule has 2 heterocycles. The molecular formula is C51H37B5N2S. The minimum absolute atomic E-state index is 0.984. The molecule has 0 fully saturated rings. The summed E-state index contributed by atoms with van der Waals surface area (Å²) in [6, 6.07) is 60.3. The molecule has 8 heteroatoms. The summed E-state index contributed by atoms with van der Waals surface area (Å²) >= 11 is 1.88. The SMILES string of the molecule is Bc1c(B)c(B)c(-c2nc3ccccc3n2-c2cccc(-c3c4ccccc4c(-c4cccc5sc6ccccc6c45)c4cc(-c5ccccc5)ccc34)c2)c(B)c1B. The molecule has 11 aromatic rings. The Kier molecular flexibility index (Phi) is 8.36. The Morgan fingerprint density at radius 1 is 0.407 bits per heavy atom. The Morgan fingerprint density at radius 2 is 1.02 bits per heavy atom. The fraction of sp³-hybridized carbons (Fsp3) is 0. The van der Waals surface area contributed by atoms with Crippen molar-refractivity contribution in [3.05, 3.63) is 164 Å². The number of rotatable bonds is 5. The van der Waals surface area contributed by atoms with Crippen molar-refractivity contribution in [1.29, 1.82) is 0 Å². The van der Waals surface area contributed by atoms with Crippen LogP contribution in [0.3, 0.4) is 0 Å². The Bertz CT molecular complexity index is 3490. The van der Waals surface area contributed by atoms with Crippen LogP contribution in [-0.2, 0) is 0 Å². The van der Waals surface area contributed by atoms with Crippen molar-refractivity contribution in [3.8, 4) is 50.5 Å². The zero-order valence-electron chi connectivity index (χ0n) is 33.9. The van der Waals surface area contributed by atoms with Crippen LogP contribution in [0, 0.1) is 0 Å². The van der Waals surface area contributed by atoms with Gasteiger partial charge in [0.2, 0.25) is 0 Å². The number of imidazole rings is 1. The zero-order chi connectivity index (χ0) is 39.9. The molecule has 272 valence electrons. The Morgan fingerprint density at radius 3 is 1.81 bits per heavy atom. The fourth-order valence-corrected chi connectivity index (χ4v) is 10.8. The minimum atomic E-state index is 0.984. The smallest absolute Gasteiger partial charge is 0.144 e.